The van der Waals surface area contributed by atoms with E-state index in [1.807, 2.05) is 25.1 Å². The highest BCUT2D eigenvalue weighted by Gasteiger charge is 2.30. The van der Waals surface area contributed by atoms with E-state index < -0.39 is 11.7 Å². The van der Waals surface area contributed by atoms with Gasteiger partial charge in [0.25, 0.3) is 0 Å². The first-order chi connectivity index (χ1) is 11.9. The first kappa shape index (κ1) is 15.7. The molecule has 6 heteroatoms. The summed E-state index contributed by atoms with van der Waals surface area (Å²) in [6, 6.07) is 13.2. The van der Waals surface area contributed by atoms with Crippen LogP contribution in [0.15, 0.2) is 48.5 Å². The molecular formula is C19H16F3N3. The minimum Gasteiger partial charge on any atom is -0.369 e. The number of aromatic nitrogens is 2. The molecule has 1 aliphatic heterocycles. The maximum absolute atomic E-state index is 12.8. The molecule has 1 aromatic heterocycles. The van der Waals surface area contributed by atoms with Gasteiger partial charge in [0.2, 0.25) is 0 Å². The van der Waals surface area contributed by atoms with Gasteiger partial charge < -0.3 is 5.32 Å². The lowest BCUT2D eigenvalue weighted by molar-refractivity contribution is -0.137. The van der Waals surface area contributed by atoms with Crippen molar-refractivity contribution in [3.8, 4) is 16.9 Å². The van der Waals surface area contributed by atoms with Crippen LogP contribution in [0, 0.1) is 6.92 Å². The van der Waals surface area contributed by atoms with E-state index in [1.54, 1.807) is 4.68 Å². The molecule has 0 saturated heterocycles. The van der Waals surface area contributed by atoms with E-state index >= 15 is 0 Å². The summed E-state index contributed by atoms with van der Waals surface area (Å²) in [6.45, 7) is 2.82. The van der Waals surface area contributed by atoms with Crippen molar-refractivity contribution in [2.75, 3.05) is 11.9 Å². The number of hydrogen-bond acceptors (Lipinski definition) is 2. The molecule has 2 heterocycles. The number of fused-ring (bicyclic) bond motifs is 1. The molecular weight excluding hydrogens is 327 g/mol. The van der Waals surface area contributed by atoms with Gasteiger partial charge in [0.1, 0.15) is 5.82 Å². The SMILES string of the molecule is Cc1cccc(-c2nn(-c3ccc(C(F)(F)F)cc3)c3c2CCN3)c1. The molecule has 128 valence electrons. The number of anilines is 1. The third kappa shape index (κ3) is 2.77. The fourth-order valence-electron chi connectivity index (χ4n) is 3.18. The average Bonchev–Trinajstić information content (AvgIpc) is 3.16. The van der Waals surface area contributed by atoms with Crippen molar-refractivity contribution >= 4 is 5.82 Å². The normalized spacial score (nSPS) is 13.6. The second kappa shape index (κ2) is 5.65. The van der Waals surface area contributed by atoms with E-state index in [9.17, 15) is 13.2 Å². The van der Waals surface area contributed by atoms with Gasteiger partial charge in [-0.2, -0.15) is 18.3 Å². The molecule has 0 atom stereocenters. The minimum absolute atomic E-state index is 0.609. The lowest BCUT2D eigenvalue weighted by Crippen LogP contribution is -2.07. The maximum Gasteiger partial charge on any atom is 0.416 e. The van der Waals surface area contributed by atoms with Crippen LogP contribution in [-0.4, -0.2) is 16.3 Å². The van der Waals surface area contributed by atoms with Crippen LogP contribution >= 0.6 is 0 Å². The van der Waals surface area contributed by atoms with Gasteiger partial charge in [0, 0.05) is 17.7 Å². The number of aryl methyl sites for hydroxylation is 1. The molecule has 0 radical (unpaired) electrons. The fourth-order valence-corrected chi connectivity index (χ4v) is 3.18. The van der Waals surface area contributed by atoms with Crippen LogP contribution < -0.4 is 5.32 Å². The molecule has 0 spiro atoms. The van der Waals surface area contributed by atoms with Gasteiger partial charge in [0.05, 0.1) is 16.9 Å². The Kier molecular flexibility index (Phi) is 3.56. The largest absolute Gasteiger partial charge is 0.416 e. The van der Waals surface area contributed by atoms with Crippen LogP contribution in [0.1, 0.15) is 16.7 Å². The van der Waals surface area contributed by atoms with Crippen molar-refractivity contribution in [3.63, 3.8) is 0 Å². The first-order valence-electron chi connectivity index (χ1n) is 8.04. The van der Waals surface area contributed by atoms with E-state index in [4.69, 9.17) is 0 Å². The summed E-state index contributed by atoms with van der Waals surface area (Å²) in [4.78, 5) is 0. The van der Waals surface area contributed by atoms with Crippen LogP contribution in [0.5, 0.6) is 0 Å². The predicted octanol–water partition coefficient (Wildman–Crippen LogP) is 4.83. The zero-order chi connectivity index (χ0) is 17.6. The van der Waals surface area contributed by atoms with Gasteiger partial charge >= 0.3 is 6.18 Å². The lowest BCUT2D eigenvalue weighted by atomic mass is 10.0. The number of nitrogens with one attached hydrogen (secondary N) is 1. The third-order valence-corrected chi connectivity index (χ3v) is 4.38. The highest BCUT2D eigenvalue weighted by molar-refractivity contribution is 5.73. The average molecular weight is 343 g/mol. The third-order valence-electron chi connectivity index (χ3n) is 4.38. The number of benzene rings is 2. The molecule has 1 aliphatic rings. The quantitative estimate of drug-likeness (QED) is 0.722. The van der Waals surface area contributed by atoms with Crippen LogP contribution in [0.4, 0.5) is 19.0 Å². The monoisotopic (exact) mass is 343 g/mol. The van der Waals surface area contributed by atoms with E-state index in [0.717, 1.165) is 53.3 Å². The van der Waals surface area contributed by atoms with Gasteiger partial charge in [-0.15, -0.1) is 0 Å². The van der Waals surface area contributed by atoms with Crippen LogP contribution in [0.25, 0.3) is 16.9 Å². The Morgan fingerprint density at radius 1 is 1.08 bits per heavy atom. The predicted molar refractivity (Wildman–Crippen MR) is 90.9 cm³/mol. The maximum atomic E-state index is 12.8. The number of alkyl halides is 3. The van der Waals surface area contributed by atoms with E-state index in [2.05, 4.69) is 16.5 Å². The zero-order valence-electron chi connectivity index (χ0n) is 13.6. The molecule has 0 bridgehead atoms. The van der Waals surface area contributed by atoms with Crippen molar-refractivity contribution < 1.29 is 13.2 Å². The Bertz CT molecular complexity index is 924. The molecule has 25 heavy (non-hydrogen) atoms. The summed E-state index contributed by atoms with van der Waals surface area (Å²) < 4.78 is 40.0. The Balaban J connectivity index is 1.80. The molecule has 3 nitrogen and oxygen atoms in total. The van der Waals surface area contributed by atoms with Crippen molar-refractivity contribution in [2.24, 2.45) is 0 Å². The van der Waals surface area contributed by atoms with Gasteiger partial charge in [-0.1, -0.05) is 23.8 Å². The van der Waals surface area contributed by atoms with Crippen LogP contribution in [-0.2, 0) is 12.6 Å². The van der Waals surface area contributed by atoms with Gasteiger partial charge in [0.15, 0.2) is 0 Å². The molecule has 0 unspecified atom stereocenters. The molecule has 4 rings (SSSR count). The molecule has 0 amide bonds. The van der Waals surface area contributed by atoms with E-state index in [0.29, 0.717) is 5.69 Å². The molecule has 1 N–H and O–H groups in total. The lowest BCUT2D eigenvalue weighted by Gasteiger charge is -2.09. The van der Waals surface area contributed by atoms with Crippen LogP contribution in [0.3, 0.4) is 0 Å². The second-order valence-corrected chi connectivity index (χ2v) is 6.18. The van der Waals surface area contributed by atoms with Crippen molar-refractivity contribution in [1.82, 2.24) is 9.78 Å². The Morgan fingerprint density at radius 2 is 1.84 bits per heavy atom. The molecule has 3 aromatic rings. The topological polar surface area (TPSA) is 29.9 Å². The minimum atomic E-state index is -4.34. The number of rotatable bonds is 2. The Labute approximate surface area is 143 Å². The highest BCUT2D eigenvalue weighted by atomic mass is 19.4. The summed E-state index contributed by atoms with van der Waals surface area (Å²) in [5.74, 6) is 0.858. The number of hydrogen-bond donors (Lipinski definition) is 1. The second-order valence-electron chi connectivity index (χ2n) is 6.18. The van der Waals surface area contributed by atoms with Crippen molar-refractivity contribution in [1.29, 1.82) is 0 Å². The summed E-state index contributed by atoms with van der Waals surface area (Å²) >= 11 is 0. The van der Waals surface area contributed by atoms with Gasteiger partial charge in [-0.25, -0.2) is 4.68 Å². The number of nitrogens with zero attached hydrogens (tertiary/aromatic N) is 2. The molecule has 0 saturated carbocycles. The van der Waals surface area contributed by atoms with Crippen molar-refractivity contribution in [3.05, 3.63) is 65.2 Å². The summed E-state index contributed by atoms with van der Waals surface area (Å²) in [5.41, 5.74) is 4.09. The van der Waals surface area contributed by atoms with Gasteiger partial charge in [-0.05, 0) is 43.7 Å². The fraction of sp³-hybridized carbons (Fsp3) is 0.211. The summed E-state index contributed by atoms with van der Waals surface area (Å²) in [7, 11) is 0. The zero-order valence-corrected chi connectivity index (χ0v) is 13.6. The van der Waals surface area contributed by atoms with Crippen LogP contribution in [0.2, 0.25) is 0 Å². The first-order valence-corrected chi connectivity index (χ1v) is 8.04. The van der Waals surface area contributed by atoms with Gasteiger partial charge in [-0.3, -0.25) is 0 Å². The van der Waals surface area contributed by atoms with E-state index in [1.165, 1.54) is 12.1 Å². The molecule has 0 fully saturated rings. The summed E-state index contributed by atoms with van der Waals surface area (Å²) in [5, 5.41) is 7.97. The smallest absolute Gasteiger partial charge is 0.369 e. The molecule has 0 aliphatic carbocycles. The standard InChI is InChI=1S/C19H16F3N3/c1-12-3-2-4-13(11-12)17-16-9-10-23-18(16)25(24-17)15-7-5-14(6-8-15)19(20,21)22/h2-8,11,23H,9-10H2,1H3. The number of halogens is 3. The van der Waals surface area contributed by atoms with Crippen molar-refractivity contribution in [2.45, 2.75) is 19.5 Å². The highest BCUT2D eigenvalue weighted by Crippen LogP contribution is 2.35. The Morgan fingerprint density at radius 3 is 2.52 bits per heavy atom. The van der Waals surface area contributed by atoms with E-state index in [-0.39, 0.29) is 0 Å². The summed E-state index contributed by atoms with van der Waals surface area (Å²) in [6.07, 6.45) is -3.49. The Hall–Kier alpha value is -2.76. The molecule has 2 aromatic carbocycles.